The number of hydrogen-bond donors (Lipinski definition) is 1. The summed E-state index contributed by atoms with van der Waals surface area (Å²) in [4.78, 5) is 21.3. The largest absolute Gasteiger partial charge is 0.453 e. The smallest absolute Gasteiger partial charge is 0.411 e. The van der Waals surface area contributed by atoms with Crippen LogP contribution in [-0.2, 0) is 20.3 Å². The Balaban J connectivity index is 2.49. The van der Waals surface area contributed by atoms with Crippen LogP contribution in [-0.4, -0.2) is 26.5 Å². The molecule has 24 heavy (non-hydrogen) atoms. The first-order valence-corrected chi connectivity index (χ1v) is 8.39. The maximum absolute atomic E-state index is 12.7. The van der Waals surface area contributed by atoms with Gasteiger partial charge in [-0.05, 0) is 11.6 Å². The summed E-state index contributed by atoms with van der Waals surface area (Å²) in [6, 6.07) is 11.6. The van der Waals surface area contributed by atoms with Gasteiger partial charge < -0.3 is 4.74 Å². The Hall–Kier alpha value is -2.94. The molecule has 0 heterocycles. The summed E-state index contributed by atoms with van der Waals surface area (Å²) in [7, 11) is -2.80. The van der Waals surface area contributed by atoms with Crippen molar-refractivity contribution in [2.75, 3.05) is 12.4 Å². The van der Waals surface area contributed by atoms with Gasteiger partial charge in [0.15, 0.2) is 9.84 Å². The van der Waals surface area contributed by atoms with Crippen LogP contribution in [0.15, 0.2) is 53.4 Å². The molecule has 1 N–H and O–H groups in total. The van der Waals surface area contributed by atoms with Gasteiger partial charge in [0.1, 0.15) is 0 Å². The Kier molecular flexibility index (Phi) is 5.14. The van der Waals surface area contributed by atoms with E-state index in [2.05, 4.69) is 10.1 Å². The number of anilines is 1. The van der Waals surface area contributed by atoms with Gasteiger partial charge in [0, 0.05) is 12.1 Å². The minimum Gasteiger partial charge on any atom is -0.453 e. The van der Waals surface area contributed by atoms with Gasteiger partial charge in [0.2, 0.25) is 0 Å². The van der Waals surface area contributed by atoms with Crippen molar-refractivity contribution in [3.05, 3.63) is 64.2 Å². The van der Waals surface area contributed by atoms with Gasteiger partial charge in [0.05, 0.1) is 28.4 Å². The molecule has 0 saturated heterocycles. The third-order valence-corrected chi connectivity index (χ3v) is 4.85. The van der Waals surface area contributed by atoms with Crippen molar-refractivity contribution in [3.63, 3.8) is 0 Å². The number of non-ortho nitro benzene ring substituents is 1. The zero-order valence-corrected chi connectivity index (χ0v) is 13.4. The van der Waals surface area contributed by atoms with Crippen molar-refractivity contribution >= 4 is 27.3 Å². The van der Waals surface area contributed by atoms with Crippen LogP contribution in [0.3, 0.4) is 0 Å². The number of carbonyl (C=O) groups is 1. The van der Waals surface area contributed by atoms with Crippen LogP contribution < -0.4 is 5.32 Å². The lowest BCUT2D eigenvalue weighted by Crippen LogP contribution is -2.15. The fourth-order valence-electron chi connectivity index (χ4n) is 2.02. The average molecular weight is 350 g/mol. The number of sulfone groups is 1. The molecule has 0 saturated carbocycles. The molecule has 0 aliphatic heterocycles. The van der Waals surface area contributed by atoms with Crippen molar-refractivity contribution in [2.45, 2.75) is 10.6 Å². The Morgan fingerprint density at radius 1 is 1.21 bits per heavy atom. The number of methoxy groups -OCH3 is 1. The van der Waals surface area contributed by atoms with Crippen LogP contribution in [0.5, 0.6) is 0 Å². The summed E-state index contributed by atoms with van der Waals surface area (Å²) >= 11 is 0. The molecule has 0 spiro atoms. The highest BCUT2D eigenvalue weighted by atomic mass is 32.2. The molecule has 1 amide bonds. The molecular weight excluding hydrogens is 336 g/mol. The predicted octanol–water partition coefficient (Wildman–Crippen LogP) is 2.75. The fraction of sp³-hybridized carbons (Fsp3) is 0.133. The minimum absolute atomic E-state index is 0.0802. The maximum Gasteiger partial charge on any atom is 0.411 e. The summed E-state index contributed by atoms with van der Waals surface area (Å²) < 4.78 is 29.7. The van der Waals surface area contributed by atoms with Gasteiger partial charge in [-0.1, -0.05) is 30.3 Å². The average Bonchev–Trinajstić information content (AvgIpc) is 2.55. The van der Waals surface area contributed by atoms with Crippen LogP contribution in [0.1, 0.15) is 5.56 Å². The molecule has 0 aromatic heterocycles. The lowest BCUT2D eigenvalue weighted by Gasteiger charge is -2.11. The number of benzene rings is 2. The van der Waals surface area contributed by atoms with Crippen LogP contribution >= 0.6 is 0 Å². The number of hydrogen-bond acceptors (Lipinski definition) is 6. The number of ether oxygens (including phenoxy) is 1. The van der Waals surface area contributed by atoms with Crippen molar-refractivity contribution in [1.29, 1.82) is 0 Å². The lowest BCUT2D eigenvalue weighted by atomic mass is 10.2. The van der Waals surface area contributed by atoms with Gasteiger partial charge in [0.25, 0.3) is 5.69 Å². The van der Waals surface area contributed by atoms with Crippen molar-refractivity contribution < 1.29 is 22.9 Å². The van der Waals surface area contributed by atoms with Gasteiger partial charge in [-0.2, -0.15) is 0 Å². The molecule has 0 aliphatic carbocycles. The van der Waals surface area contributed by atoms with E-state index in [0.29, 0.717) is 5.56 Å². The molecule has 0 bridgehead atoms. The van der Waals surface area contributed by atoms with E-state index in [1.807, 2.05) is 0 Å². The van der Waals surface area contributed by atoms with Crippen LogP contribution in [0.25, 0.3) is 0 Å². The zero-order valence-electron chi connectivity index (χ0n) is 12.6. The highest BCUT2D eigenvalue weighted by molar-refractivity contribution is 7.90. The van der Waals surface area contributed by atoms with Crippen molar-refractivity contribution in [1.82, 2.24) is 0 Å². The summed E-state index contributed by atoms with van der Waals surface area (Å²) in [5.41, 5.74) is 0.0495. The van der Waals surface area contributed by atoms with Crippen molar-refractivity contribution in [3.8, 4) is 0 Å². The van der Waals surface area contributed by atoms with Crippen LogP contribution in [0, 0.1) is 10.1 Å². The van der Waals surface area contributed by atoms with E-state index in [4.69, 9.17) is 0 Å². The van der Waals surface area contributed by atoms with Gasteiger partial charge in [-0.15, -0.1) is 0 Å². The molecule has 126 valence electrons. The number of nitro benzene ring substituents is 1. The Labute approximate surface area is 138 Å². The molecule has 0 unspecified atom stereocenters. The predicted molar refractivity (Wildman–Crippen MR) is 86.5 cm³/mol. The van der Waals surface area contributed by atoms with E-state index >= 15 is 0 Å². The third kappa shape index (κ3) is 4.07. The highest BCUT2D eigenvalue weighted by Crippen LogP contribution is 2.29. The number of amides is 1. The number of nitrogens with zero attached hydrogens (tertiary/aromatic N) is 1. The second-order valence-corrected chi connectivity index (χ2v) is 6.76. The SMILES string of the molecule is COC(=O)Nc1ccc([N+](=O)[O-])cc1S(=O)(=O)Cc1ccccc1. The van der Waals surface area contributed by atoms with Gasteiger partial charge in [-0.3, -0.25) is 15.4 Å². The van der Waals surface area contributed by atoms with E-state index < -0.39 is 26.5 Å². The number of carbonyl (C=O) groups excluding carboxylic acids is 1. The monoisotopic (exact) mass is 350 g/mol. The minimum atomic E-state index is -3.93. The molecule has 0 aliphatic rings. The lowest BCUT2D eigenvalue weighted by molar-refractivity contribution is -0.385. The number of nitro groups is 1. The summed E-state index contributed by atoms with van der Waals surface area (Å²) in [5.74, 6) is -0.356. The first-order valence-electron chi connectivity index (χ1n) is 6.73. The van der Waals surface area contributed by atoms with Gasteiger partial charge in [-0.25, -0.2) is 13.2 Å². The van der Waals surface area contributed by atoms with E-state index in [1.165, 1.54) is 0 Å². The second kappa shape index (κ2) is 7.09. The molecule has 9 heteroatoms. The Morgan fingerprint density at radius 3 is 2.46 bits per heavy atom. The summed E-state index contributed by atoms with van der Waals surface area (Å²) in [6.45, 7) is 0. The van der Waals surface area contributed by atoms with E-state index in [-0.39, 0.29) is 16.3 Å². The Morgan fingerprint density at radius 2 is 1.88 bits per heavy atom. The molecule has 0 atom stereocenters. The number of nitrogens with one attached hydrogen (secondary N) is 1. The topological polar surface area (TPSA) is 116 Å². The molecular formula is C15H14N2O6S. The van der Waals surface area contributed by atoms with Crippen LogP contribution in [0.2, 0.25) is 0 Å². The molecule has 8 nitrogen and oxygen atoms in total. The molecule has 0 fully saturated rings. The normalized spacial score (nSPS) is 10.9. The standard InChI is InChI=1S/C15H14N2O6S/c1-23-15(18)16-13-8-7-12(17(19)20)9-14(13)24(21,22)10-11-5-3-2-4-6-11/h2-9H,10H2,1H3,(H,16,18). The quantitative estimate of drug-likeness (QED) is 0.655. The summed E-state index contributed by atoms with van der Waals surface area (Å²) in [6.07, 6.45) is -0.875. The summed E-state index contributed by atoms with van der Waals surface area (Å²) in [5, 5.41) is 13.2. The Bertz CT molecular complexity index is 865. The third-order valence-electron chi connectivity index (χ3n) is 3.13. The molecule has 2 aromatic carbocycles. The second-order valence-electron chi connectivity index (χ2n) is 4.80. The fourth-order valence-corrected chi connectivity index (χ4v) is 3.56. The van der Waals surface area contributed by atoms with E-state index in [1.54, 1.807) is 30.3 Å². The van der Waals surface area contributed by atoms with Gasteiger partial charge >= 0.3 is 6.09 Å². The number of rotatable bonds is 5. The molecule has 2 aromatic rings. The first kappa shape index (κ1) is 17.4. The maximum atomic E-state index is 12.7. The first-order chi connectivity index (χ1) is 11.3. The zero-order chi connectivity index (χ0) is 17.7. The molecule has 2 rings (SSSR count). The highest BCUT2D eigenvalue weighted by Gasteiger charge is 2.24. The van der Waals surface area contributed by atoms with E-state index in [0.717, 1.165) is 25.3 Å². The molecule has 0 radical (unpaired) electrons. The van der Waals surface area contributed by atoms with Crippen molar-refractivity contribution in [2.24, 2.45) is 0 Å². The van der Waals surface area contributed by atoms with E-state index in [9.17, 15) is 23.3 Å². The van der Waals surface area contributed by atoms with Crippen LogP contribution in [0.4, 0.5) is 16.2 Å².